The van der Waals surface area contributed by atoms with Gasteiger partial charge >= 0.3 is 0 Å². The first kappa shape index (κ1) is 14.9. The first-order valence-electron chi connectivity index (χ1n) is 6.36. The summed E-state index contributed by atoms with van der Waals surface area (Å²) in [7, 11) is 0. The number of hydrogen-bond acceptors (Lipinski definition) is 6. The number of hydrogen-bond donors (Lipinski definition) is 3. The largest absolute Gasteiger partial charge is 0.409 e. The van der Waals surface area contributed by atoms with Gasteiger partial charge in [0.05, 0.1) is 5.69 Å². The summed E-state index contributed by atoms with van der Waals surface area (Å²) in [6, 6.07) is 6.74. The van der Waals surface area contributed by atoms with Crippen molar-refractivity contribution >= 4 is 29.0 Å². The Balaban J connectivity index is 2.18. The van der Waals surface area contributed by atoms with Crippen molar-refractivity contribution in [2.75, 3.05) is 5.32 Å². The molecule has 4 N–H and O–H groups in total. The summed E-state index contributed by atoms with van der Waals surface area (Å²) in [5.74, 6) is -0.276. The van der Waals surface area contributed by atoms with Gasteiger partial charge in [0.1, 0.15) is 4.88 Å². The Hall–Kier alpha value is -2.48. The van der Waals surface area contributed by atoms with Crippen LogP contribution in [0.2, 0.25) is 0 Å². The lowest BCUT2D eigenvalue weighted by Gasteiger charge is -2.06. The molecule has 110 valence electrons. The zero-order valence-electron chi connectivity index (χ0n) is 11.4. The lowest BCUT2D eigenvalue weighted by atomic mass is 10.2. The molecule has 0 atom stereocenters. The van der Waals surface area contributed by atoms with Gasteiger partial charge in [-0.3, -0.25) is 4.79 Å². The van der Waals surface area contributed by atoms with Gasteiger partial charge in [-0.2, -0.15) is 0 Å². The van der Waals surface area contributed by atoms with Crippen molar-refractivity contribution < 1.29 is 10.0 Å². The monoisotopic (exact) mass is 305 g/mol. The molecule has 0 aliphatic rings. The molecule has 2 aromatic rings. The maximum Gasteiger partial charge on any atom is 0.269 e. The van der Waals surface area contributed by atoms with Crippen molar-refractivity contribution in [1.82, 2.24) is 9.59 Å². The van der Waals surface area contributed by atoms with Crippen LogP contribution in [0.1, 0.15) is 34.3 Å². The molecule has 0 bridgehead atoms. The molecule has 1 heterocycles. The van der Waals surface area contributed by atoms with Crippen molar-refractivity contribution in [3.05, 3.63) is 40.4 Å². The topological polar surface area (TPSA) is 113 Å². The zero-order valence-corrected chi connectivity index (χ0v) is 12.2. The summed E-state index contributed by atoms with van der Waals surface area (Å²) in [4.78, 5) is 12.7. The molecule has 2 rings (SSSR count). The first-order chi connectivity index (χ1) is 10.2. The Bertz CT molecular complexity index is 668. The van der Waals surface area contributed by atoms with Gasteiger partial charge in [-0.15, -0.1) is 5.10 Å². The van der Waals surface area contributed by atoms with Crippen LogP contribution in [0.3, 0.4) is 0 Å². The van der Waals surface area contributed by atoms with Crippen LogP contribution in [0.15, 0.2) is 29.4 Å². The fourth-order valence-corrected chi connectivity index (χ4v) is 2.39. The minimum Gasteiger partial charge on any atom is -0.409 e. The van der Waals surface area contributed by atoms with Crippen LogP contribution < -0.4 is 11.1 Å². The van der Waals surface area contributed by atoms with Crippen molar-refractivity contribution in [3.8, 4) is 0 Å². The van der Waals surface area contributed by atoms with Crippen molar-refractivity contribution in [3.63, 3.8) is 0 Å². The predicted molar refractivity (Wildman–Crippen MR) is 80.8 cm³/mol. The van der Waals surface area contributed by atoms with Gasteiger partial charge in [0.15, 0.2) is 5.84 Å². The number of aromatic nitrogens is 2. The minimum atomic E-state index is -0.259. The lowest BCUT2D eigenvalue weighted by Crippen LogP contribution is -2.15. The van der Waals surface area contributed by atoms with Crippen LogP contribution >= 0.6 is 11.5 Å². The van der Waals surface area contributed by atoms with E-state index < -0.39 is 0 Å². The van der Waals surface area contributed by atoms with E-state index in [0.717, 1.165) is 18.0 Å². The quantitative estimate of drug-likeness (QED) is 0.337. The highest BCUT2D eigenvalue weighted by Gasteiger charge is 2.16. The molecular weight excluding hydrogens is 290 g/mol. The molecule has 7 nitrogen and oxygen atoms in total. The Labute approximate surface area is 125 Å². The Morgan fingerprint density at radius 2 is 2.33 bits per heavy atom. The average Bonchev–Trinajstić information content (AvgIpc) is 2.95. The predicted octanol–water partition coefficient (Wildman–Crippen LogP) is 1.84. The molecule has 0 aliphatic carbocycles. The number of benzene rings is 1. The van der Waals surface area contributed by atoms with Crippen molar-refractivity contribution in [2.24, 2.45) is 10.9 Å². The number of carbonyl (C=O) groups is 1. The summed E-state index contributed by atoms with van der Waals surface area (Å²) >= 11 is 1.07. The number of nitrogens with two attached hydrogens (primary N) is 1. The zero-order chi connectivity index (χ0) is 15.2. The van der Waals surface area contributed by atoms with Crippen molar-refractivity contribution in [2.45, 2.75) is 19.8 Å². The molecule has 0 aliphatic heterocycles. The van der Waals surface area contributed by atoms with E-state index in [9.17, 15) is 4.79 Å². The molecule has 0 spiro atoms. The minimum absolute atomic E-state index is 0.0165. The number of amidine groups is 1. The molecule has 1 amide bonds. The maximum absolute atomic E-state index is 12.2. The Kier molecular flexibility index (Phi) is 4.83. The van der Waals surface area contributed by atoms with Gasteiger partial charge in [-0.05, 0) is 30.1 Å². The summed E-state index contributed by atoms with van der Waals surface area (Å²) in [6.45, 7) is 2.02. The molecule has 1 aromatic carbocycles. The standard InChI is InChI=1S/C13H15N5O2S/c1-2-4-10-11(21-18-16-10)13(19)15-9-6-3-5-8(7-9)12(14)17-20/h3,5-7,20H,2,4H2,1H3,(H2,14,17)(H,15,19). The highest BCUT2D eigenvalue weighted by atomic mass is 32.1. The fourth-order valence-electron chi connectivity index (χ4n) is 1.78. The summed E-state index contributed by atoms with van der Waals surface area (Å²) in [5.41, 5.74) is 7.30. The second-order valence-electron chi connectivity index (χ2n) is 4.32. The summed E-state index contributed by atoms with van der Waals surface area (Å²) < 4.78 is 3.82. The van der Waals surface area contributed by atoms with Crippen LogP contribution in [0, 0.1) is 0 Å². The van der Waals surface area contributed by atoms with Crippen LogP contribution in [-0.4, -0.2) is 26.5 Å². The highest BCUT2D eigenvalue weighted by molar-refractivity contribution is 7.08. The van der Waals surface area contributed by atoms with E-state index in [4.69, 9.17) is 10.9 Å². The maximum atomic E-state index is 12.2. The molecule has 0 unspecified atom stereocenters. The molecule has 8 heteroatoms. The highest BCUT2D eigenvalue weighted by Crippen LogP contribution is 2.16. The van der Waals surface area contributed by atoms with Gasteiger partial charge in [0.25, 0.3) is 5.91 Å². The number of carbonyl (C=O) groups excluding carboxylic acids is 1. The van der Waals surface area contributed by atoms with Gasteiger partial charge in [0, 0.05) is 11.3 Å². The van der Waals surface area contributed by atoms with E-state index >= 15 is 0 Å². The number of oxime groups is 1. The number of nitrogens with zero attached hydrogens (tertiary/aromatic N) is 3. The molecule has 0 saturated heterocycles. The molecule has 1 aromatic heterocycles. The van der Waals surface area contributed by atoms with Gasteiger partial charge < -0.3 is 16.3 Å². The lowest BCUT2D eigenvalue weighted by molar-refractivity contribution is 0.102. The summed E-state index contributed by atoms with van der Waals surface area (Å²) in [6.07, 6.45) is 1.61. The van der Waals surface area contributed by atoms with Gasteiger partial charge in [0.2, 0.25) is 0 Å². The third kappa shape index (κ3) is 3.54. The molecule has 21 heavy (non-hydrogen) atoms. The van der Waals surface area contributed by atoms with Gasteiger partial charge in [-0.1, -0.05) is 35.1 Å². The average molecular weight is 305 g/mol. The molecule has 0 radical (unpaired) electrons. The van der Waals surface area contributed by atoms with Crippen LogP contribution in [0.4, 0.5) is 5.69 Å². The third-order valence-corrected chi connectivity index (χ3v) is 3.54. The second-order valence-corrected chi connectivity index (χ2v) is 5.07. The van der Waals surface area contributed by atoms with Crippen LogP contribution in [0.25, 0.3) is 0 Å². The molecule has 0 fully saturated rings. The van der Waals surface area contributed by atoms with Crippen LogP contribution in [-0.2, 0) is 6.42 Å². The van der Waals surface area contributed by atoms with E-state index in [-0.39, 0.29) is 11.7 Å². The molecular formula is C13H15N5O2S. The summed E-state index contributed by atoms with van der Waals surface area (Å²) in [5, 5.41) is 18.3. The number of rotatable bonds is 5. The van der Waals surface area contributed by atoms with E-state index in [0.29, 0.717) is 28.2 Å². The van der Waals surface area contributed by atoms with E-state index in [1.165, 1.54) is 0 Å². The number of nitrogens with one attached hydrogen (secondary N) is 1. The normalized spacial score (nSPS) is 11.4. The van der Waals surface area contributed by atoms with E-state index in [1.807, 2.05) is 6.92 Å². The number of aryl methyl sites for hydroxylation is 1. The fraction of sp³-hybridized carbons (Fsp3) is 0.231. The van der Waals surface area contributed by atoms with Crippen LogP contribution in [0.5, 0.6) is 0 Å². The Morgan fingerprint density at radius 3 is 3.05 bits per heavy atom. The number of anilines is 1. The smallest absolute Gasteiger partial charge is 0.269 e. The van der Waals surface area contributed by atoms with E-state index in [2.05, 4.69) is 20.1 Å². The Morgan fingerprint density at radius 1 is 1.52 bits per heavy atom. The van der Waals surface area contributed by atoms with Gasteiger partial charge in [-0.25, -0.2) is 0 Å². The second kappa shape index (κ2) is 6.80. The first-order valence-corrected chi connectivity index (χ1v) is 7.13. The number of amides is 1. The SMILES string of the molecule is CCCc1nnsc1C(=O)Nc1cccc(C(N)=NO)c1. The van der Waals surface area contributed by atoms with Crippen molar-refractivity contribution in [1.29, 1.82) is 0 Å². The molecule has 0 saturated carbocycles. The van der Waals surface area contributed by atoms with E-state index in [1.54, 1.807) is 24.3 Å². The third-order valence-electron chi connectivity index (χ3n) is 2.77.